The van der Waals surface area contributed by atoms with E-state index in [1.807, 2.05) is 48.5 Å². The molecule has 2 N–H and O–H groups in total. The SMILES string of the molecule is N#Cc1cc(-c2n[nH]c3cc4[nH]c(C(=O)Cc5ccccc5)nc4cc23)ccn1. The summed E-state index contributed by atoms with van der Waals surface area (Å²) < 4.78 is 0. The van der Waals surface area contributed by atoms with Crippen molar-refractivity contribution in [3.63, 3.8) is 0 Å². The number of rotatable bonds is 4. The van der Waals surface area contributed by atoms with Crippen LogP contribution < -0.4 is 0 Å². The van der Waals surface area contributed by atoms with Gasteiger partial charge in [0.05, 0.1) is 16.6 Å². The average Bonchev–Trinajstić information content (AvgIpc) is 3.36. The first-order valence-electron chi connectivity index (χ1n) is 9.03. The Morgan fingerprint density at radius 3 is 2.76 bits per heavy atom. The van der Waals surface area contributed by atoms with Crippen molar-refractivity contribution in [3.8, 4) is 17.3 Å². The fourth-order valence-corrected chi connectivity index (χ4v) is 3.38. The molecule has 0 aliphatic heterocycles. The normalized spacial score (nSPS) is 11.0. The number of nitrogens with one attached hydrogen (secondary N) is 2. The van der Waals surface area contributed by atoms with E-state index in [1.54, 1.807) is 18.3 Å². The minimum absolute atomic E-state index is 0.0674. The van der Waals surface area contributed by atoms with Crippen LogP contribution in [0.25, 0.3) is 33.2 Å². The molecule has 3 heterocycles. The van der Waals surface area contributed by atoms with Gasteiger partial charge in [-0.25, -0.2) is 9.97 Å². The van der Waals surface area contributed by atoms with Crippen molar-refractivity contribution in [3.05, 3.63) is 77.9 Å². The number of hydrogen-bond acceptors (Lipinski definition) is 5. The predicted octanol–water partition coefficient (Wildman–Crippen LogP) is 3.80. The summed E-state index contributed by atoms with van der Waals surface area (Å²) in [5.74, 6) is 0.267. The summed E-state index contributed by atoms with van der Waals surface area (Å²) in [6, 6.07) is 18.9. The molecule has 0 amide bonds. The van der Waals surface area contributed by atoms with Crippen molar-refractivity contribution < 1.29 is 4.79 Å². The number of hydrogen-bond donors (Lipinski definition) is 2. The molecular formula is C22H14N6O. The number of carbonyl (C=O) groups is 1. The largest absolute Gasteiger partial charge is 0.335 e. The second-order valence-corrected chi connectivity index (χ2v) is 6.70. The van der Waals surface area contributed by atoms with Crippen LogP contribution >= 0.6 is 0 Å². The molecule has 29 heavy (non-hydrogen) atoms. The standard InChI is InChI=1S/C22H14N6O/c23-12-15-9-14(6-7-24-15)21-16-10-18-19(11-17(16)27-28-21)26-22(25-18)20(29)8-13-4-2-1-3-5-13/h1-7,9-11H,8H2,(H,25,26)(H,27,28). The fourth-order valence-electron chi connectivity index (χ4n) is 3.38. The Kier molecular flexibility index (Phi) is 3.88. The maximum Gasteiger partial charge on any atom is 0.202 e. The Hall–Kier alpha value is -4.31. The minimum Gasteiger partial charge on any atom is -0.335 e. The minimum atomic E-state index is -0.0674. The Bertz CT molecular complexity index is 1410. The van der Waals surface area contributed by atoms with E-state index in [2.05, 4.69) is 25.1 Å². The van der Waals surface area contributed by atoms with Gasteiger partial charge in [0.2, 0.25) is 5.78 Å². The predicted molar refractivity (Wildman–Crippen MR) is 108 cm³/mol. The van der Waals surface area contributed by atoms with Gasteiger partial charge in [-0.05, 0) is 29.8 Å². The number of nitrogens with zero attached hydrogens (tertiary/aromatic N) is 4. The highest BCUT2D eigenvalue weighted by Crippen LogP contribution is 2.29. The second-order valence-electron chi connectivity index (χ2n) is 6.70. The van der Waals surface area contributed by atoms with Crippen molar-refractivity contribution in [1.29, 1.82) is 5.26 Å². The van der Waals surface area contributed by atoms with Crippen LogP contribution in [0.2, 0.25) is 0 Å². The number of H-pyrrole nitrogens is 2. The van der Waals surface area contributed by atoms with E-state index in [9.17, 15) is 4.79 Å². The molecule has 0 aliphatic rings. The zero-order chi connectivity index (χ0) is 19.8. The van der Waals surface area contributed by atoms with Crippen molar-refractivity contribution in [2.45, 2.75) is 6.42 Å². The van der Waals surface area contributed by atoms with Crippen molar-refractivity contribution in [2.75, 3.05) is 0 Å². The van der Waals surface area contributed by atoms with Gasteiger partial charge in [-0.1, -0.05) is 30.3 Å². The molecule has 0 unspecified atom stereocenters. The van der Waals surface area contributed by atoms with Crippen molar-refractivity contribution in [2.24, 2.45) is 0 Å². The highest BCUT2D eigenvalue weighted by atomic mass is 16.1. The van der Waals surface area contributed by atoms with E-state index in [0.717, 1.165) is 27.5 Å². The Labute approximate surface area is 165 Å². The maximum atomic E-state index is 12.6. The van der Waals surface area contributed by atoms with Gasteiger partial charge < -0.3 is 4.98 Å². The molecule has 0 bridgehead atoms. The number of carbonyl (C=O) groups excluding carboxylic acids is 1. The van der Waals surface area contributed by atoms with Crippen LogP contribution in [0.4, 0.5) is 0 Å². The lowest BCUT2D eigenvalue weighted by Crippen LogP contribution is -2.05. The smallest absolute Gasteiger partial charge is 0.202 e. The lowest BCUT2D eigenvalue weighted by molar-refractivity contribution is 0.0984. The zero-order valence-electron chi connectivity index (χ0n) is 15.2. The average molecular weight is 378 g/mol. The molecule has 5 aromatic rings. The third kappa shape index (κ3) is 3.03. The van der Waals surface area contributed by atoms with E-state index in [1.165, 1.54) is 0 Å². The molecule has 2 aromatic carbocycles. The molecule has 0 radical (unpaired) electrons. The molecule has 0 saturated heterocycles. The van der Waals surface area contributed by atoms with Gasteiger partial charge in [0.25, 0.3) is 0 Å². The molecule has 0 saturated carbocycles. The van der Waals surface area contributed by atoms with E-state index in [-0.39, 0.29) is 5.78 Å². The quantitative estimate of drug-likeness (QED) is 0.462. The van der Waals surface area contributed by atoms with Crippen LogP contribution in [-0.2, 0) is 6.42 Å². The zero-order valence-corrected chi connectivity index (χ0v) is 15.2. The van der Waals surface area contributed by atoms with Crippen molar-refractivity contribution >= 4 is 27.7 Å². The van der Waals surface area contributed by atoms with E-state index in [0.29, 0.717) is 29.1 Å². The Morgan fingerprint density at radius 1 is 1.07 bits per heavy atom. The van der Waals surface area contributed by atoms with Gasteiger partial charge in [-0.3, -0.25) is 9.89 Å². The van der Waals surface area contributed by atoms with Gasteiger partial charge in [0, 0.05) is 23.6 Å². The number of fused-ring (bicyclic) bond motifs is 2. The molecule has 7 nitrogen and oxygen atoms in total. The number of ketones is 1. The summed E-state index contributed by atoms with van der Waals surface area (Å²) in [7, 11) is 0. The number of nitriles is 1. The summed E-state index contributed by atoms with van der Waals surface area (Å²) in [4.78, 5) is 24.2. The third-order valence-electron chi connectivity index (χ3n) is 4.78. The number of aromatic nitrogens is 5. The van der Waals surface area contributed by atoms with E-state index in [4.69, 9.17) is 5.26 Å². The molecular weight excluding hydrogens is 364 g/mol. The van der Waals surface area contributed by atoms with Crippen LogP contribution in [0.1, 0.15) is 21.9 Å². The molecule has 3 aromatic heterocycles. The Balaban J connectivity index is 1.55. The van der Waals surface area contributed by atoms with E-state index >= 15 is 0 Å². The molecule has 5 rings (SSSR count). The molecule has 0 fully saturated rings. The topological polar surface area (TPSA) is 111 Å². The van der Waals surface area contributed by atoms with Crippen molar-refractivity contribution in [1.82, 2.24) is 25.1 Å². The third-order valence-corrected chi connectivity index (χ3v) is 4.78. The van der Waals surface area contributed by atoms with Crippen LogP contribution in [0.5, 0.6) is 0 Å². The van der Waals surface area contributed by atoms with Gasteiger partial charge in [-0.15, -0.1) is 0 Å². The number of aromatic amines is 2. The summed E-state index contributed by atoms with van der Waals surface area (Å²) >= 11 is 0. The maximum absolute atomic E-state index is 12.6. The van der Waals surface area contributed by atoms with Crippen LogP contribution in [-0.4, -0.2) is 30.9 Å². The second kappa shape index (κ2) is 6.69. The van der Waals surface area contributed by atoms with Gasteiger partial charge in [0.15, 0.2) is 5.82 Å². The van der Waals surface area contributed by atoms with Gasteiger partial charge >= 0.3 is 0 Å². The molecule has 138 valence electrons. The number of benzene rings is 2. The summed E-state index contributed by atoms with van der Waals surface area (Å²) in [5, 5.41) is 17.3. The highest BCUT2D eigenvalue weighted by molar-refractivity contribution is 6.03. The fraction of sp³-hybridized carbons (Fsp3) is 0.0455. The van der Waals surface area contributed by atoms with Gasteiger partial charge in [-0.2, -0.15) is 10.4 Å². The molecule has 7 heteroatoms. The summed E-state index contributed by atoms with van der Waals surface area (Å²) in [5.41, 5.74) is 5.03. The molecule has 0 atom stereocenters. The monoisotopic (exact) mass is 378 g/mol. The number of Topliss-reactive ketones (excluding diaryl/α,β-unsaturated/α-hetero) is 1. The number of pyridine rings is 1. The summed E-state index contributed by atoms with van der Waals surface area (Å²) in [6.07, 6.45) is 1.88. The molecule has 0 spiro atoms. The summed E-state index contributed by atoms with van der Waals surface area (Å²) in [6.45, 7) is 0. The van der Waals surface area contributed by atoms with E-state index < -0.39 is 0 Å². The van der Waals surface area contributed by atoms with Crippen LogP contribution in [0.3, 0.4) is 0 Å². The Morgan fingerprint density at radius 2 is 1.93 bits per heavy atom. The number of imidazole rings is 1. The van der Waals surface area contributed by atoms with Crippen LogP contribution in [0.15, 0.2) is 60.8 Å². The first kappa shape index (κ1) is 16.8. The first-order chi connectivity index (χ1) is 14.2. The van der Waals surface area contributed by atoms with Crippen LogP contribution in [0, 0.1) is 11.3 Å². The lowest BCUT2D eigenvalue weighted by Gasteiger charge is -1.98. The lowest BCUT2D eigenvalue weighted by atomic mass is 10.1. The highest BCUT2D eigenvalue weighted by Gasteiger charge is 2.15. The molecule has 0 aliphatic carbocycles. The first-order valence-corrected chi connectivity index (χ1v) is 9.03. The van der Waals surface area contributed by atoms with Gasteiger partial charge in [0.1, 0.15) is 17.5 Å².